The number of carbonyl (C=O) groups is 1. The Morgan fingerprint density at radius 3 is 2.96 bits per heavy atom. The molecule has 0 unspecified atom stereocenters. The van der Waals surface area contributed by atoms with Crippen molar-refractivity contribution < 1.29 is 4.79 Å². The van der Waals surface area contributed by atoms with Crippen molar-refractivity contribution in [2.75, 3.05) is 18.4 Å². The zero-order valence-electron chi connectivity index (χ0n) is 13.6. The van der Waals surface area contributed by atoms with Crippen LogP contribution < -0.4 is 5.32 Å². The molecule has 0 aliphatic carbocycles. The van der Waals surface area contributed by atoms with Crippen LogP contribution in [0, 0.1) is 6.92 Å². The first-order valence-electron chi connectivity index (χ1n) is 7.96. The lowest BCUT2D eigenvalue weighted by atomic mass is 10.1. The monoisotopic (exact) mass is 331 g/mol. The molecule has 1 fully saturated rings. The summed E-state index contributed by atoms with van der Waals surface area (Å²) in [6.07, 6.45) is 4.28. The molecule has 0 bridgehead atoms. The molecule has 0 spiro atoms. The van der Waals surface area contributed by atoms with Crippen LogP contribution in [0.15, 0.2) is 36.5 Å². The van der Waals surface area contributed by atoms with Gasteiger partial charge in [0, 0.05) is 29.6 Å². The Labute approximate surface area is 142 Å². The van der Waals surface area contributed by atoms with Gasteiger partial charge >= 0.3 is 0 Å². The van der Waals surface area contributed by atoms with Crippen molar-refractivity contribution in [2.45, 2.75) is 25.8 Å². The summed E-state index contributed by atoms with van der Waals surface area (Å²) in [7, 11) is 2.06. The van der Waals surface area contributed by atoms with Crippen LogP contribution in [0.5, 0.6) is 0 Å². The maximum absolute atomic E-state index is 12.4. The van der Waals surface area contributed by atoms with Gasteiger partial charge in [-0.15, -0.1) is 0 Å². The van der Waals surface area contributed by atoms with Crippen molar-refractivity contribution in [3.63, 3.8) is 0 Å². The topological polar surface area (TPSA) is 37.3 Å². The summed E-state index contributed by atoms with van der Waals surface area (Å²) in [5.74, 6) is 0.0106. The van der Waals surface area contributed by atoms with Crippen molar-refractivity contribution >= 4 is 23.2 Å². The van der Waals surface area contributed by atoms with E-state index in [-0.39, 0.29) is 5.91 Å². The summed E-state index contributed by atoms with van der Waals surface area (Å²) in [4.78, 5) is 14.7. The van der Waals surface area contributed by atoms with Gasteiger partial charge in [-0.1, -0.05) is 17.7 Å². The van der Waals surface area contributed by atoms with Gasteiger partial charge < -0.3 is 9.88 Å². The van der Waals surface area contributed by atoms with Gasteiger partial charge in [-0.25, -0.2) is 0 Å². The van der Waals surface area contributed by atoms with Crippen molar-refractivity contribution in [3.05, 3.63) is 52.8 Å². The van der Waals surface area contributed by atoms with E-state index >= 15 is 0 Å². The van der Waals surface area contributed by atoms with Crippen LogP contribution in [-0.4, -0.2) is 28.5 Å². The first-order valence-corrected chi connectivity index (χ1v) is 8.33. The Bertz CT molecular complexity index is 710. The molecule has 1 N–H and O–H groups in total. The summed E-state index contributed by atoms with van der Waals surface area (Å²) >= 11 is 6.01. The minimum absolute atomic E-state index is 0.0106. The number of nitrogens with zero attached hydrogens (tertiary/aromatic N) is 2. The smallest absolute Gasteiger partial charge is 0.238 e. The summed E-state index contributed by atoms with van der Waals surface area (Å²) in [5.41, 5.74) is 3.08. The second-order valence-corrected chi connectivity index (χ2v) is 6.62. The van der Waals surface area contributed by atoms with E-state index in [0.29, 0.717) is 17.6 Å². The summed E-state index contributed by atoms with van der Waals surface area (Å²) < 4.78 is 2.14. The highest BCUT2D eigenvalue weighted by atomic mass is 35.5. The van der Waals surface area contributed by atoms with E-state index in [9.17, 15) is 4.79 Å². The average molecular weight is 332 g/mol. The van der Waals surface area contributed by atoms with Crippen LogP contribution in [0.4, 0.5) is 5.69 Å². The van der Waals surface area contributed by atoms with Gasteiger partial charge in [0.25, 0.3) is 0 Å². The van der Waals surface area contributed by atoms with E-state index in [1.165, 1.54) is 5.69 Å². The number of carbonyl (C=O) groups excluding carboxylic acids is 1. The quantitative estimate of drug-likeness (QED) is 0.926. The number of hydrogen-bond donors (Lipinski definition) is 1. The van der Waals surface area contributed by atoms with Crippen molar-refractivity contribution in [2.24, 2.45) is 7.05 Å². The predicted octanol–water partition coefficient (Wildman–Crippen LogP) is 3.76. The predicted molar refractivity (Wildman–Crippen MR) is 93.8 cm³/mol. The molecule has 23 heavy (non-hydrogen) atoms. The molecular weight excluding hydrogens is 310 g/mol. The Hall–Kier alpha value is -1.78. The first-order chi connectivity index (χ1) is 11.0. The highest BCUT2D eigenvalue weighted by molar-refractivity contribution is 6.31. The fourth-order valence-electron chi connectivity index (χ4n) is 3.27. The van der Waals surface area contributed by atoms with Crippen LogP contribution >= 0.6 is 11.6 Å². The summed E-state index contributed by atoms with van der Waals surface area (Å²) in [6, 6.07) is 10.1. The number of halogens is 1. The molecule has 1 aromatic heterocycles. The van der Waals surface area contributed by atoms with Gasteiger partial charge in [0.1, 0.15) is 0 Å². The van der Waals surface area contributed by atoms with Crippen molar-refractivity contribution in [1.29, 1.82) is 0 Å². The number of aromatic nitrogens is 1. The van der Waals surface area contributed by atoms with Crippen LogP contribution in [-0.2, 0) is 11.8 Å². The third kappa shape index (κ3) is 3.59. The standard InChI is InChI=1S/C18H22ClN3O/c1-13-7-8-14(19)11-15(13)20-18(23)12-22-10-4-6-17(22)16-5-3-9-21(16)2/h3,5,7-9,11,17H,4,6,10,12H2,1-2H3,(H,20,23)/t17-/m1/s1. The second kappa shape index (κ2) is 6.77. The molecule has 1 aromatic carbocycles. The SMILES string of the molecule is Cc1ccc(Cl)cc1NC(=O)CN1CCC[C@@H]1c1cccn1C. The van der Waals surface area contributed by atoms with E-state index in [0.717, 1.165) is 30.6 Å². The van der Waals surface area contributed by atoms with Gasteiger partial charge in [0.2, 0.25) is 5.91 Å². The van der Waals surface area contributed by atoms with E-state index < -0.39 is 0 Å². The molecule has 2 aromatic rings. The molecule has 4 nitrogen and oxygen atoms in total. The van der Waals surface area contributed by atoms with E-state index in [4.69, 9.17) is 11.6 Å². The molecule has 1 atom stereocenters. The number of amides is 1. The number of aryl methyl sites for hydroxylation is 2. The highest BCUT2D eigenvalue weighted by Crippen LogP contribution is 2.31. The van der Waals surface area contributed by atoms with Crippen LogP contribution in [0.2, 0.25) is 5.02 Å². The Morgan fingerprint density at radius 1 is 1.39 bits per heavy atom. The third-order valence-corrected chi connectivity index (χ3v) is 4.74. The van der Waals surface area contributed by atoms with E-state index in [1.807, 2.05) is 19.1 Å². The fourth-order valence-corrected chi connectivity index (χ4v) is 3.45. The van der Waals surface area contributed by atoms with Crippen molar-refractivity contribution in [3.8, 4) is 0 Å². The molecule has 5 heteroatoms. The number of rotatable bonds is 4. The largest absolute Gasteiger partial charge is 0.353 e. The van der Waals surface area contributed by atoms with Crippen LogP contribution in [0.25, 0.3) is 0 Å². The number of anilines is 1. The molecule has 1 amide bonds. The van der Waals surface area contributed by atoms with Gasteiger partial charge in [0.05, 0.1) is 12.6 Å². The van der Waals surface area contributed by atoms with Gasteiger partial charge in [0.15, 0.2) is 0 Å². The maximum atomic E-state index is 12.4. The molecule has 0 radical (unpaired) electrons. The number of likely N-dealkylation sites (tertiary alicyclic amines) is 1. The highest BCUT2D eigenvalue weighted by Gasteiger charge is 2.29. The number of hydrogen-bond acceptors (Lipinski definition) is 2. The van der Waals surface area contributed by atoms with Gasteiger partial charge in [-0.2, -0.15) is 0 Å². The van der Waals surface area contributed by atoms with Crippen LogP contribution in [0.1, 0.15) is 30.1 Å². The first kappa shape index (κ1) is 16.1. The Morgan fingerprint density at radius 2 is 2.22 bits per heavy atom. The Kier molecular flexibility index (Phi) is 4.74. The van der Waals surface area contributed by atoms with E-state index in [2.05, 4.69) is 40.2 Å². The molecule has 2 heterocycles. The zero-order chi connectivity index (χ0) is 16.4. The minimum Gasteiger partial charge on any atom is -0.353 e. The third-order valence-electron chi connectivity index (χ3n) is 4.51. The second-order valence-electron chi connectivity index (χ2n) is 6.18. The molecule has 1 aliphatic heterocycles. The number of benzene rings is 1. The lowest BCUT2D eigenvalue weighted by molar-refractivity contribution is -0.117. The zero-order valence-corrected chi connectivity index (χ0v) is 14.3. The van der Waals surface area contributed by atoms with Gasteiger partial charge in [-0.3, -0.25) is 9.69 Å². The van der Waals surface area contributed by atoms with E-state index in [1.54, 1.807) is 6.07 Å². The molecule has 3 rings (SSSR count). The minimum atomic E-state index is 0.0106. The number of nitrogens with one attached hydrogen (secondary N) is 1. The van der Waals surface area contributed by atoms with Gasteiger partial charge in [-0.05, 0) is 56.1 Å². The normalized spacial score (nSPS) is 18.3. The molecule has 1 saturated heterocycles. The molecule has 0 saturated carbocycles. The van der Waals surface area contributed by atoms with Crippen molar-refractivity contribution in [1.82, 2.24) is 9.47 Å². The molecular formula is C18H22ClN3O. The van der Waals surface area contributed by atoms with Crippen LogP contribution in [0.3, 0.4) is 0 Å². The molecule has 1 aliphatic rings. The maximum Gasteiger partial charge on any atom is 0.238 e. The summed E-state index contributed by atoms with van der Waals surface area (Å²) in [5, 5.41) is 3.62. The Balaban J connectivity index is 1.67. The lowest BCUT2D eigenvalue weighted by Crippen LogP contribution is -2.33. The average Bonchev–Trinajstić information content (AvgIpc) is 3.11. The fraction of sp³-hybridized carbons (Fsp3) is 0.389. The lowest BCUT2D eigenvalue weighted by Gasteiger charge is -2.24. The molecule has 122 valence electrons. The summed E-state index contributed by atoms with van der Waals surface area (Å²) in [6.45, 7) is 3.33.